The van der Waals surface area contributed by atoms with E-state index in [2.05, 4.69) is 25.7 Å². The van der Waals surface area contributed by atoms with E-state index >= 15 is 0 Å². The molecule has 1 amide bonds. The zero-order valence-corrected chi connectivity index (χ0v) is 14.4. The monoisotopic (exact) mass is 298 g/mol. The predicted molar refractivity (Wildman–Crippen MR) is 79.8 cm³/mol. The van der Waals surface area contributed by atoms with Crippen LogP contribution in [0, 0.1) is 11.3 Å². The molecule has 0 spiro atoms. The summed E-state index contributed by atoms with van der Waals surface area (Å²) >= 11 is 0. The highest BCUT2D eigenvalue weighted by Gasteiger charge is 2.41. The summed E-state index contributed by atoms with van der Waals surface area (Å²) in [5.74, 6) is 0. The molecule has 5 nitrogen and oxygen atoms in total. The molecular formula is C14H26N2O3Si. The van der Waals surface area contributed by atoms with Crippen LogP contribution >= 0.6 is 0 Å². The fraction of sp³-hybridized carbons (Fsp3) is 0.857. The van der Waals surface area contributed by atoms with E-state index in [1.54, 1.807) is 4.90 Å². The van der Waals surface area contributed by atoms with Gasteiger partial charge in [0.1, 0.15) is 11.2 Å². The lowest BCUT2D eigenvalue weighted by Gasteiger charge is -2.40. The highest BCUT2D eigenvalue weighted by molar-refractivity contribution is 6.69. The van der Waals surface area contributed by atoms with Gasteiger partial charge in [0.2, 0.25) is 0 Å². The second-order valence-electron chi connectivity index (χ2n) is 7.29. The molecule has 0 aromatic carbocycles. The van der Waals surface area contributed by atoms with E-state index in [-0.39, 0.29) is 6.09 Å². The molecule has 1 fully saturated rings. The second kappa shape index (κ2) is 5.74. The topological polar surface area (TPSA) is 62.6 Å². The number of hydrogen-bond donors (Lipinski definition) is 0. The zero-order chi connectivity index (χ0) is 15.6. The summed E-state index contributed by atoms with van der Waals surface area (Å²) < 4.78 is 11.4. The van der Waals surface area contributed by atoms with Crippen molar-refractivity contribution in [3.05, 3.63) is 0 Å². The van der Waals surface area contributed by atoms with Crippen molar-refractivity contribution >= 4 is 14.4 Å². The molecule has 0 saturated carbocycles. The first-order valence-corrected chi connectivity index (χ1v) is 10.5. The van der Waals surface area contributed by atoms with Crippen molar-refractivity contribution in [2.45, 2.75) is 64.5 Å². The molecule has 0 aromatic rings. The molecule has 0 unspecified atom stereocenters. The Morgan fingerprint density at radius 2 is 1.75 bits per heavy atom. The minimum atomic E-state index is -1.78. The average molecular weight is 298 g/mol. The normalized spacial score (nSPS) is 19.4. The van der Waals surface area contributed by atoms with Gasteiger partial charge in [-0.1, -0.05) is 0 Å². The van der Waals surface area contributed by atoms with E-state index in [0.29, 0.717) is 25.9 Å². The fourth-order valence-corrected chi connectivity index (χ4v) is 3.62. The maximum Gasteiger partial charge on any atom is 0.410 e. The van der Waals surface area contributed by atoms with E-state index in [1.807, 2.05) is 20.8 Å². The van der Waals surface area contributed by atoms with E-state index in [1.165, 1.54) is 0 Å². The van der Waals surface area contributed by atoms with Crippen LogP contribution in [-0.4, -0.2) is 43.6 Å². The highest BCUT2D eigenvalue weighted by atomic mass is 28.4. The molecule has 1 aliphatic rings. The average Bonchev–Trinajstić information content (AvgIpc) is 2.25. The van der Waals surface area contributed by atoms with Crippen molar-refractivity contribution in [3.8, 4) is 6.07 Å². The molecule has 0 aromatic heterocycles. The van der Waals surface area contributed by atoms with Crippen molar-refractivity contribution in [3.63, 3.8) is 0 Å². The fourth-order valence-electron chi connectivity index (χ4n) is 2.20. The maximum atomic E-state index is 12.0. The number of nitriles is 1. The SMILES string of the molecule is CC(C)(C)OC(=O)N1CCC(C#N)(O[Si](C)(C)C)CC1. The Kier molecular flexibility index (Phi) is 4.88. The smallest absolute Gasteiger partial charge is 0.410 e. The summed E-state index contributed by atoms with van der Waals surface area (Å²) in [6, 6.07) is 2.32. The molecule has 6 heteroatoms. The molecule has 1 saturated heterocycles. The van der Waals surface area contributed by atoms with Gasteiger partial charge >= 0.3 is 6.09 Å². The molecule has 0 atom stereocenters. The number of rotatable bonds is 2. The molecule has 20 heavy (non-hydrogen) atoms. The standard InChI is InChI=1S/C14H26N2O3Si/c1-13(2,3)18-12(17)16-9-7-14(11-15,8-10-16)19-20(4,5)6/h7-10H2,1-6H3. The Labute approximate surface area is 123 Å². The number of piperidine rings is 1. The van der Waals surface area contributed by atoms with Gasteiger partial charge in [0.15, 0.2) is 8.32 Å². The third-order valence-corrected chi connectivity index (χ3v) is 3.93. The van der Waals surface area contributed by atoms with Crippen LogP contribution in [0.5, 0.6) is 0 Å². The molecule has 1 rings (SSSR count). The number of carbonyl (C=O) groups is 1. The van der Waals surface area contributed by atoms with Crippen LogP contribution in [0.3, 0.4) is 0 Å². The van der Waals surface area contributed by atoms with Crippen LogP contribution in [0.1, 0.15) is 33.6 Å². The lowest BCUT2D eigenvalue weighted by molar-refractivity contribution is -0.000380. The maximum absolute atomic E-state index is 12.0. The summed E-state index contributed by atoms with van der Waals surface area (Å²) in [7, 11) is -1.78. The summed E-state index contributed by atoms with van der Waals surface area (Å²) in [6.45, 7) is 12.8. The van der Waals surface area contributed by atoms with Crippen molar-refractivity contribution < 1.29 is 14.0 Å². The largest absolute Gasteiger partial charge is 0.444 e. The quantitative estimate of drug-likeness (QED) is 0.735. The van der Waals surface area contributed by atoms with Crippen LogP contribution in [0.25, 0.3) is 0 Å². The Morgan fingerprint density at radius 3 is 2.10 bits per heavy atom. The molecule has 1 heterocycles. The van der Waals surface area contributed by atoms with Gasteiger partial charge in [0.05, 0.1) is 6.07 Å². The Balaban J connectivity index is 2.62. The van der Waals surface area contributed by atoms with Crippen molar-refractivity contribution in [2.75, 3.05) is 13.1 Å². The first kappa shape index (κ1) is 17.0. The van der Waals surface area contributed by atoms with E-state index in [9.17, 15) is 10.1 Å². The summed E-state index contributed by atoms with van der Waals surface area (Å²) in [5, 5.41) is 9.43. The number of amides is 1. The summed E-state index contributed by atoms with van der Waals surface area (Å²) in [6.07, 6.45) is 0.789. The van der Waals surface area contributed by atoms with Crippen molar-refractivity contribution in [2.24, 2.45) is 0 Å². The molecule has 0 aliphatic carbocycles. The van der Waals surface area contributed by atoms with Crippen LogP contribution in [0.15, 0.2) is 0 Å². The van der Waals surface area contributed by atoms with Crippen LogP contribution in [-0.2, 0) is 9.16 Å². The molecule has 0 radical (unpaired) electrons. The third kappa shape index (κ3) is 5.14. The van der Waals surface area contributed by atoms with Gasteiger partial charge in [0.25, 0.3) is 0 Å². The molecule has 0 N–H and O–H groups in total. The summed E-state index contributed by atoms with van der Waals surface area (Å²) in [4.78, 5) is 13.6. The van der Waals surface area contributed by atoms with Crippen LogP contribution in [0.2, 0.25) is 19.6 Å². The van der Waals surface area contributed by atoms with Gasteiger partial charge in [-0.25, -0.2) is 4.79 Å². The molecular weight excluding hydrogens is 272 g/mol. The minimum Gasteiger partial charge on any atom is -0.444 e. The number of likely N-dealkylation sites (tertiary alicyclic amines) is 1. The number of hydrogen-bond acceptors (Lipinski definition) is 4. The second-order valence-corrected chi connectivity index (χ2v) is 11.7. The zero-order valence-electron chi connectivity index (χ0n) is 13.4. The van der Waals surface area contributed by atoms with Gasteiger partial charge in [0, 0.05) is 25.9 Å². The minimum absolute atomic E-state index is 0.308. The van der Waals surface area contributed by atoms with Gasteiger partial charge in [-0.3, -0.25) is 0 Å². The lowest BCUT2D eigenvalue weighted by Crippen LogP contribution is -2.51. The van der Waals surface area contributed by atoms with Gasteiger partial charge in [-0.05, 0) is 40.4 Å². The first-order chi connectivity index (χ1) is 8.96. The first-order valence-electron chi connectivity index (χ1n) is 7.06. The molecule has 0 bridgehead atoms. The Bertz CT molecular complexity index is 396. The van der Waals surface area contributed by atoms with E-state index < -0.39 is 19.5 Å². The van der Waals surface area contributed by atoms with Gasteiger partial charge in [-0.15, -0.1) is 0 Å². The summed E-state index contributed by atoms with van der Waals surface area (Å²) in [5.41, 5.74) is -1.22. The van der Waals surface area contributed by atoms with Crippen molar-refractivity contribution in [1.29, 1.82) is 5.26 Å². The number of ether oxygens (including phenoxy) is 1. The van der Waals surface area contributed by atoms with Crippen LogP contribution in [0.4, 0.5) is 4.79 Å². The van der Waals surface area contributed by atoms with Gasteiger partial charge < -0.3 is 14.1 Å². The van der Waals surface area contributed by atoms with E-state index in [4.69, 9.17) is 9.16 Å². The third-order valence-electron chi connectivity index (χ3n) is 2.93. The molecule has 114 valence electrons. The van der Waals surface area contributed by atoms with E-state index in [0.717, 1.165) is 0 Å². The predicted octanol–water partition coefficient (Wildman–Crippen LogP) is 3.13. The van der Waals surface area contributed by atoms with Crippen LogP contribution < -0.4 is 0 Å². The van der Waals surface area contributed by atoms with Crippen molar-refractivity contribution in [1.82, 2.24) is 4.90 Å². The molecule has 1 aliphatic heterocycles. The highest BCUT2D eigenvalue weighted by Crippen LogP contribution is 2.30. The Hall–Kier alpha value is -1.06. The Morgan fingerprint density at radius 1 is 1.25 bits per heavy atom. The number of nitrogens with zero attached hydrogens (tertiary/aromatic N) is 2. The van der Waals surface area contributed by atoms with Gasteiger partial charge in [-0.2, -0.15) is 5.26 Å². The lowest BCUT2D eigenvalue weighted by atomic mass is 9.93. The number of carbonyl (C=O) groups excluding carboxylic acids is 1.